The number of hydrogen-bond acceptors (Lipinski definition) is 2. The molecule has 0 spiro atoms. The van der Waals surface area contributed by atoms with Crippen LogP contribution in [0.3, 0.4) is 0 Å². The Kier molecular flexibility index (Phi) is 3.64. The summed E-state index contributed by atoms with van der Waals surface area (Å²) in [7, 11) is 0. The van der Waals surface area contributed by atoms with Crippen molar-refractivity contribution in [3.05, 3.63) is 64.7 Å². The Bertz CT molecular complexity index is 668. The van der Waals surface area contributed by atoms with Gasteiger partial charge < -0.3 is 10.5 Å². The van der Waals surface area contributed by atoms with Crippen LogP contribution in [-0.4, -0.2) is 6.10 Å². The van der Waals surface area contributed by atoms with Crippen molar-refractivity contribution in [1.29, 1.82) is 0 Å². The van der Waals surface area contributed by atoms with Crippen LogP contribution in [0, 0.1) is 18.6 Å². The van der Waals surface area contributed by atoms with Gasteiger partial charge in [-0.2, -0.15) is 0 Å². The zero-order valence-corrected chi connectivity index (χ0v) is 11.8. The van der Waals surface area contributed by atoms with Gasteiger partial charge in [-0.15, -0.1) is 0 Å². The molecule has 110 valence electrons. The molecule has 2 aromatic rings. The second-order valence-corrected chi connectivity index (χ2v) is 5.49. The Morgan fingerprint density at radius 2 is 1.90 bits per heavy atom. The van der Waals surface area contributed by atoms with Gasteiger partial charge in [0.25, 0.3) is 0 Å². The Morgan fingerprint density at radius 1 is 1.14 bits per heavy atom. The topological polar surface area (TPSA) is 35.2 Å². The van der Waals surface area contributed by atoms with Gasteiger partial charge in [-0.1, -0.05) is 12.1 Å². The number of hydrogen-bond donors (Lipinski definition) is 1. The molecule has 2 nitrogen and oxygen atoms in total. The fourth-order valence-corrected chi connectivity index (χ4v) is 2.26. The van der Waals surface area contributed by atoms with Crippen molar-refractivity contribution < 1.29 is 13.5 Å². The highest BCUT2D eigenvalue weighted by atomic mass is 19.1. The molecule has 1 unspecified atom stereocenters. The van der Waals surface area contributed by atoms with Crippen LogP contribution in [0.15, 0.2) is 36.4 Å². The van der Waals surface area contributed by atoms with E-state index in [1.54, 1.807) is 6.92 Å². The van der Waals surface area contributed by atoms with Crippen molar-refractivity contribution in [2.75, 3.05) is 0 Å². The molecule has 21 heavy (non-hydrogen) atoms. The van der Waals surface area contributed by atoms with Gasteiger partial charge in [0, 0.05) is 11.6 Å². The van der Waals surface area contributed by atoms with E-state index in [4.69, 9.17) is 10.5 Å². The predicted molar refractivity (Wildman–Crippen MR) is 77.2 cm³/mol. The van der Waals surface area contributed by atoms with Crippen LogP contribution in [0.4, 0.5) is 8.78 Å². The average molecular weight is 289 g/mol. The molecule has 1 aliphatic rings. The molecular formula is C17H17F2NO. The lowest BCUT2D eigenvalue weighted by molar-refractivity contribution is 0.303. The minimum atomic E-state index is -0.646. The second kappa shape index (κ2) is 5.45. The predicted octanol–water partition coefficient (Wildman–Crippen LogP) is 3.86. The Labute approximate surface area is 122 Å². The first kappa shape index (κ1) is 14.0. The normalized spacial score (nSPS) is 15.8. The highest BCUT2D eigenvalue weighted by molar-refractivity contribution is 5.38. The number of rotatable bonds is 4. The highest BCUT2D eigenvalue weighted by Crippen LogP contribution is 2.30. The van der Waals surface area contributed by atoms with Gasteiger partial charge in [0.05, 0.1) is 12.1 Å². The lowest BCUT2D eigenvalue weighted by Crippen LogP contribution is -2.14. The molecule has 1 fully saturated rings. The molecule has 2 aromatic carbocycles. The van der Waals surface area contributed by atoms with Crippen LogP contribution >= 0.6 is 0 Å². The summed E-state index contributed by atoms with van der Waals surface area (Å²) in [6.07, 6.45) is 2.44. The van der Waals surface area contributed by atoms with Gasteiger partial charge in [-0.05, 0) is 49.1 Å². The van der Waals surface area contributed by atoms with E-state index >= 15 is 0 Å². The van der Waals surface area contributed by atoms with Crippen molar-refractivity contribution >= 4 is 0 Å². The molecule has 0 heterocycles. The smallest absolute Gasteiger partial charge is 0.131 e. The molecule has 3 rings (SSSR count). The molecule has 1 atom stereocenters. The second-order valence-electron chi connectivity index (χ2n) is 5.49. The average Bonchev–Trinajstić information content (AvgIpc) is 3.26. The highest BCUT2D eigenvalue weighted by Gasteiger charge is 2.24. The molecule has 0 saturated heterocycles. The van der Waals surface area contributed by atoms with Crippen LogP contribution in [0.25, 0.3) is 0 Å². The lowest BCUT2D eigenvalue weighted by atomic mass is 9.97. The van der Waals surface area contributed by atoms with Gasteiger partial charge in [0.2, 0.25) is 0 Å². The largest absolute Gasteiger partial charge is 0.490 e. The van der Waals surface area contributed by atoms with Gasteiger partial charge in [-0.3, -0.25) is 0 Å². The van der Waals surface area contributed by atoms with E-state index in [1.807, 2.05) is 24.3 Å². The lowest BCUT2D eigenvalue weighted by Gasteiger charge is -2.16. The minimum Gasteiger partial charge on any atom is -0.490 e. The summed E-state index contributed by atoms with van der Waals surface area (Å²) in [6.45, 7) is 1.59. The van der Waals surface area contributed by atoms with Gasteiger partial charge >= 0.3 is 0 Å². The van der Waals surface area contributed by atoms with Gasteiger partial charge in [0.15, 0.2) is 0 Å². The maximum Gasteiger partial charge on any atom is 0.131 e. The summed E-state index contributed by atoms with van der Waals surface area (Å²) < 4.78 is 33.0. The zero-order valence-electron chi connectivity index (χ0n) is 11.8. The summed E-state index contributed by atoms with van der Waals surface area (Å²) in [5.41, 5.74) is 7.55. The summed E-state index contributed by atoms with van der Waals surface area (Å²) >= 11 is 0. The number of ether oxygens (including phenoxy) is 1. The van der Waals surface area contributed by atoms with Gasteiger partial charge in [0.1, 0.15) is 17.4 Å². The quantitative estimate of drug-likeness (QED) is 0.927. The monoisotopic (exact) mass is 289 g/mol. The number of benzene rings is 2. The van der Waals surface area contributed by atoms with Crippen LogP contribution < -0.4 is 10.5 Å². The minimum absolute atomic E-state index is 0.289. The third-order valence-corrected chi connectivity index (χ3v) is 3.66. The van der Waals surface area contributed by atoms with E-state index in [-0.39, 0.29) is 5.56 Å². The maximum absolute atomic E-state index is 13.9. The van der Waals surface area contributed by atoms with Crippen LogP contribution in [0.2, 0.25) is 0 Å². The molecule has 4 heteroatoms. The van der Waals surface area contributed by atoms with Gasteiger partial charge in [-0.25, -0.2) is 8.78 Å². The molecule has 2 N–H and O–H groups in total. The maximum atomic E-state index is 13.9. The van der Waals surface area contributed by atoms with Crippen molar-refractivity contribution in [1.82, 2.24) is 0 Å². The summed E-state index contributed by atoms with van der Waals surface area (Å²) in [5.74, 6) is -0.446. The first-order valence-corrected chi connectivity index (χ1v) is 7.02. The van der Waals surface area contributed by atoms with Crippen LogP contribution in [0.5, 0.6) is 5.75 Å². The van der Waals surface area contributed by atoms with Crippen molar-refractivity contribution in [2.24, 2.45) is 5.73 Å². The van der Waals surface area contributed by atoms with E-state index in [0.29, 0.717) is 11.7 Å². The summed E-state index contributed by atoms with van der Waals surface area (Å²) in [6, 6.07) is 9.04. The number of nitrogens with two attached hydrogens (primary N) is 1. The number of halogens is 2. The first-order chi connectivity index (χ1) is 10.0. The van der Waals surface area contributed by atoms with Crippen molar-refractivity contribution in [2.45, 2.75) is 31.9 Å². The van der Waals surface area contributed by atoms with Crippen LogP contribution in [0.1, 0.15) is 35.6 Å². The molecule has 1 saturated carbocycles. The third kappa shape index (κ3) is 3.05. The Hall–Kier alpha value is -1.94. The van der Waals surface area contributed by atoms with E-state index in [9.17, 15) is 8.78 Å². The van der Waals surface area contributed by atoms with E-state index in [0.717, 1.165) is 30.2 Å². The molecule has 0 radical (unpaired) electrons. The molecule has 0 aromatic heterocycles. The molecule has 0 amide bonds. The van der Waals surface area contributed by atoms with Crippen molar-refractivity contribution in [3.8, 4) is 5.75 Å². The first-order valence-electron chi connectivity index (χ1n) is 7.02. The SMILES string of the molecule is Cc1cc(C(N)c2cccc(OC3CC3)c2)c(F)cc1F. The molecule has 0 aliphatic heterocycles. The van der Waals surface area contributed by atoms with Crippen molar-refractivity contribution in [3.63, 3.8) is 0 Å². The summed E-state index contributed by atoms with van der Waals surface area (Å²) in [4.78, 5) is 0. The molecule has 1 aliphatic carbocycles. The summed E-state index contributed by atoms with van der Waals surface area (Å²) in [5, 5.41) is 0. The van der Waals surface area contributed by atoms with Crippen LogP contribution in [-0.2, 0) is 0 Å². The zero-order chi connectivity index (χ0) is 15.0. The number of aryl methyl sites for hydroxylation is 1. The van der Waals surface area contributed by atoms with E-state index < -0.39 is 17.7 Å². The third-order valence-electron chi connectivity index (χ3n) is 3.66. The van der Waals surface area contributed by atoms with E-state index in [1.165, 1.54) is 6.07 Å². The molecular weight excluding hydrogens is 272 g/mol. The fraction of sp³-hybridized carbons (Fsp3) is 0.294. The Morgan fingerprint density at radius 3 is 2.62 bits per heavy atom. The molecule has 0 bridgehead atoms. The standard InChI is InChI=1S/C17H17F2NO/c1-10-7-14(16(19)9-15(10)18)17(20)11-3-2-4-13(8-11)21-12-5-6-12/h2-4,7-9,12,17H,5-6,20H2,1H3. The Balaban J connectivity index is 1.90. The fourth-order valence-electron chi connectivity index (χ4n) is 2.26. The van der Waals surface area contributed by atoms with E-state index in [2.05, 4.69) is 0 Å².